The molecule has 0 aromatic heterocycles. The number of piperidine rings is 1. The molecule has 2 fully saturated rings. The zero-order chi connectivity index (χ0) is 24.2. The predicted octanol–water partition coefficient (Wildman–Crippen LogP) is 5.38. The topological polar surface area (TPSA) is 45.3 Å². The van der Waals surface area contributed by atoms with Gasteiger partial charge in [0.05, 0.1) is 13.2 Å². The summed E-state index contributed by atoms with van der Waals surface area (Å²) >= 11 is 0. The fourth-order valence-electron chi connectivity index (χ4n) is 5.07. The number of benzene rings is 2. The number of carbonyl (C=O) groups is 1. The molecule has 0 spiro atoms. The number of hydrogen-bond acceptors (Lipinski definition) is 5. The molecule has 2 aromatic rings. The van der Waals surface area contributed by atoms with Crippen LogP contribution in [0.1, 0.15) is 62.7 Å². The van der Waals surface area contributed by atoms with Crippen molar-refractivity contribution in [1.29, 1.82) is 0 Å². The lowest BCUT2D eigenvalue weighted by molar-refractivity contribution is -0.0440. The highest BCUT2D eigenvalue weighted by atomic mass is 31.0. The van der Waals surface area contributed by atoms with Gasteiger partial charge in [-0.05, 0) is 76.9 Å². The second-order valence-electron chi connectivity index (χ2n) is 9.75. The van der Waals surface area contributed by atoms with E-state index in [0.717, 1.165) is 48.4 Å². The van der Waals surface area contributed by atoms with Crippen LogP contribution in [0.3, 0.4) is 0 Å². The van der Waals surface area contributed by atoms with E-state index in [2.05, 4.69) is 83.1 Å². The van der Waals surface area contributed by atoms with E-state index in [0.29, 0.717) is 19.3 Å². The fraction of sp³-hybridized carbons (Fsp3) is 0.519. The van der Waals surface area contributed by atoms with Crippen molar-refractivity contribution in [1.82, 2.24) is 9.57 Å². The molecule has 2 aliphatic heterocycles. The highest BCUT2D eigenvalue weighted by Crippen LogP contribution is 2.35. The van der Waals surface area contributed by atoms with Gasteiger partial charge in [-0.25, -0.2) is 0 Å². The smallest absolute Gasteiger partial charge is 0.254 e. The Bertz CT molecular complexity index is 944. The molecule has 1 amide bonds. The molecule has 2 heterocycles. The quantitative estimate of drug-likeness (QED) is 0.495. The van der Waals surface area contributed by atoms with Crippen molar-refractivity contribution in [2.75, 3.05) is 31.2 Å². The third-order valence-electron chi connectivity index (χ3n) is 6.65. The molecular weight excluding hydrogens is 445 g/mol. The monoisotopic (exact) mass is 483 g/mol. The highest BCUT2D eigenvalue weighted by molar-refractivity contribution is 7.13. The van der Waals surface area contributed by atoms with Crippen LogP contribution in [0.4, 0.5) is 11.4 Å². The van der Waals surface area contributed by atoms with Gasteiger partial charge in [-0.3, -0.25) is 9.46 Å². The maximum Gasteiger partial charge on any atom is 0.254 e. The van der Waals surface area contributed by atoms with E-state index in [1.807, 2.05) is 17.0 Å². The van der Waals surface area contributed by atoms with Gasteiger partial charge in [-0.15, -0.1) is 0 Å². The average Bonchev–Trinajstić information content (AvgIpc) is 3.36. The normalized spacial score (nSPS) is 18.1. The number of amides is 1. The van der Waals surface area contributed by atoms with Crippen LogP contribution in [0.5, 0.6) is 0 Å². The number of carbonyl (C=O) groups excluding carboxylic acids is 1. The molecule has 2 saturated heterocycles. The van der Waals surface area contributed by atoms with Crippen molar-refractivity contribution >= 4 is 26.7 Å². The first-order valence-electron chi connectivity index (χ1n) is 12.4. The molecular formula is C27H38N3O3P. The SMILES string of the molecule is CC(C)N(C(=O)c1ccc(N(c2cccc(C3OCCO3)c2)C2CCN(P)CC2)cc1)C(C)C. The van der Waals surface area contributed by atoms with Gasteiger partial charge >= 0.3 is 0 Å². The Labute approximate surface area is 206 Å². The molecule has 1 atom stereocenters. The third kappa shape index (κ3) is 5.63. The first-order chi connectivity index (χ1) is 16.3. The Kier molecular flexibility index (Phi) is 8.26. The average molecular weight is 484 g/mol. The lowest BCUT2D eigenvalue weighted by Gasteiger charge is -2.39. The minimum atomic E-state index is -0.297. The molecule has 1 unspecified atom stereocenters. The standard InChI is InChI=1S/C27H38N3O3P/c1-19(2)29(20(3)4)26(31)21-8-10-23(11-9-21)30(24-12-14-28(34)15-13-24)25-7-5-6-22(18-25)27-32-16-17-33-27/h5-11,18-20,24,27H,12-17,34H2,1-4H3. The molecule has 0 radical (unpaired) electrons. The predicted molar refractivity (Wildman–Crippen MR) is 140 cm³/mol. The summed E-state index contributed by atoms with van der Waals surface area (Å²) in [6.45, 7) is 11.6. The Morgan fingerprint density at radius 3 is 2.15 bits per heavy atom. The molecule has 6 nitrogen and oxygen atoms in total. The van der Waals surface area contributed by atoms with Crippen molar-refractivity contribution in [2.24, 2.45) is 0 Å². The Morgan fingerprint density at radius 1 is 0.941 bits per heavy atom. The van der Waals surface area contributed by atoms with Gasteiger partial charge < -0.3 is 19.3 Å². The minimum Gasteiger partial charge on any atom is -0.346 e. The first kappa shape index (κ1) is 25.1. The number of nitrogens with zero attached hydrogens (tertiary/aromatic N) is 3. The number of rotatable bonds is 7. The van der Waals surface area contributed by atoms with Gasteiger partial charge in [0, 0.05) is 53.7 Å². The molecule has 34 heavy (non-hydrogen) atoms. The third-order valence-corrected chi connectivity index (χ3v) is 7.16. The fourth-order valence-corrected chi connectivity index (χ4v) is 5.36. The maximum absolute atomic E-state index is 13.2. The van der Waals surface area contributed by atoms with E-state index in [-0.39, 0.29) is 24.3 Å². The Balaban J connectivity index is 1.65. The zero-order valence-corrected chi connectivity index (χ0v) is 22.0. The molecule has 184 valence electrons. The number of anilines is 2. The van der Waals surface area contributed by atoms with Crippen LogP contribution >= 0.6 is 9.39 Å². The molecule has 0 N–H and O–H groups in total. The molecule has 2 aromatic carbocycles. The van der Waals surface area contributed by atoms with E-state index in [1.54, 1.807) is 0 Å². The van der Waals surface area contributed by atoms with Crippen molar-refractivity contribution < 1.29 is 14.3 Å². The summed E-state index contributed by atoms with van der Waals surface area (Å²) in [5, 5.41) is 0. The van der Waals surface area contributed by atoms with Crippen LogP contribution in [0.25, 0.3) is 0 Å². The molecule has 7 heteroatoms. The van der Waals surface area contributed by atoms with E-state index < -0.39 is 0 Å². The maximum atomic E-state index is 13.2. The van der Waals surface area contributed by atoms with Gasteiger partial charge in [0.2, 0.25) is 0 Å². The summed E-state index contributed by atoms with van der Waals surface area (Å²) in [5.74, 6) is 0.0805. The molecule has 4 rings (SSSR count). The molecule has 2 aliphatic rings. The van der Waals surface area contributed by atoms with Crippen LogP contribution in [-0.2, 0) is 9.47 Å². The summed E-state index contributed by atoms with van der Waals surface area (Å²) in [4.78, 5) is 17.5. The van der Waals surface area contributed by atoms with Gasteiger partial charge in [0.15, 0.2) is 6.29 Å². The van der Waals surface area contributed by atoms with Gasteiger partial charge in [0.1, 0.15) is 0 Å². The minimum absolute atomic E-state index is 0.0805. The van der Waals surface area contributed by atoms with Crippen molar-refractivity contribution in [2.45, 2.75) is 65.0 Å². The van der Waals surface area contributed by atoms with E-state index in [4.69, 9.17) is 9.47 Å². The first-order valence-corrected chi connectivity index (χ1v) is 12.9. The highest BCUT2D eigenvalue weighted by Gasteiger charge is 2.27. The molecule has 0 aliphatic carbocycles. The summed E-state index contributed by atoms with van der Waals surface area (Å²) in [7, 11) is 2.83. The summed E-state index contributed by atoms with van der Waals surface area (Å²) in [6.07, 6.45) is 1.84. The number of hydrogen-bond donors (Lipinski definition) is 0. The van der Waals surface area contributed by atoms with Crippen molar-refractivity contribution in [3.05, 3.63) is 59.7 Å². The summed E-state index contributed by atoms with van der Waals surface area (Å²) in [5.41, 5.74) is 4.00. The van der Waals surface area contributed by atoms with Crippen molar-refractivity contribution in [3.63, 3.8) is 0 Å². The molecule has 0 saturated carbocycles. The van der Waals surface area contributed by atoms with E-state index in [9.17, 15) is 4.79 Å². The van der Waals surface area contributed by atoms with Gasteiger partial charge in [-0.2, -0.15) is 0 Å². The summed E-state index contributed by atoms with van der Waals surface area (Å²) < 4.78 is 13.8. The van der Waals surface area contributed by atoms with E-state index in [1.165, 1.54) is 0 Å². The van der Waals surface area contributed by atoms with E-state index >= 15 is 0 Å². The second-order valence-corrected chi connectivity index (χ2v) is 10.5. The Hall–Kier alpha value is -1.98. The van der Waals surface area contributed by atoms with Crippen LogP contribution in [0, 0.1) is 0 Å². The van der Waals surface area contributed by atoms with Crippen LogP contribution in [-0.4, -0.2) is 59.9 Å². The van der Waals surface area contributed by atoms with Crippen LogP contribution in [0.15, 0.2) is 48.5 Å². The van der Waals surface area contributed by atoms with Gasteiger partial charge in [-0.1, -0.05) is 21.5 Å². The Morgan fingerprint density at radius 2 is 1.56 bits per heavy atom. The van der Waals surface area contributed by atoms with Crippen LogP contribution < -0.4 is 4.90 Å². The largest absolute Gasteiger partial charge is 0.346 e. The lowest BCUT2D eigenvalue weighted by Crippen LogP contribution is -2.42. The zero-order valence-electron chi connectivity index (χ0n) is 20.8. The van der Waals surface area contributed by atoms with Gasteiger partial charge in [0.25, 0.3) is 5.91 Å². The van der Waals surface area contributed by atoms with Crippen LogP contribution in [0.2, 0.25) is 0 Å². The second kappa shape index (κ2) is 11.2. The van der Waals surface area contributed by atoms with Crippen molar-refractivity contribution in [3.8, 4) is 0 Å². The number of ether oxygens (including phenoxy) is 2. The molecule has 0 bridgehead atoms. The summed E-state index contributed by atoms with van der Waals surface area (Å²) in [6, 6.07) is 17.3. The lowest BCUT2D eigenvalue weighted by atomic mass is 10.0.